The molecule has 0 amide bonds. The molecule has 1 heterocycles. The summed E-state index contributed by atoms with van der Waals surface area (Å²) in [5.74, 6) is -4.95. The van der Waals surface area contributed by atoms with Crippen molar-refractivity contribution in [3.8, 4) is 0 Å². The van der Waals surface area contributed by atoms with Crippen molar-refractivity contribution in [1.82, 2.24) is 0 Å². The van der Waals surface area contributed by atoms with Crippen LogP contribution in [0.25, 0.3) is 10.4 Å². The molecule has 1 unspecified atom stereocenters. The van der Waals surface area contributed by atoms with Gasteiger partial charge in [-0.3, -0.25) is 4.74 Å². The van der Waals surface area contributed by atoms with Crippen molar-refractivity contribution in [2.24, 2.45) is 10.1 Å². The van der Waals surface area contributed by atoms with Crippen molar-refractivity contribution in [2.45, 2.75) is 31.4 Å². The number of carbonyl (C=O) groups is 2. The van der Waals surface area contributed by atoms with Crippen molar-refractivity contribution < 1.29 is 28.9 Å². The average molecular weight is 438 g/mol. The summed E-state index contributed by atoms with van der Waals surface area (Å²) in [6.45, 7) is 3.03. The number of aliphatic hydroxyl groups is 1. The standard InChI is InChI=1S/C22H22N4O6/c1-3-30-19(27)21(17(25-26-23)15-11-7-5-8-12-15)24-18(16-13-9-6-10-14-16)22(29,32-21)20(28)31-4-2/h5-14,17,29H,3-4H2,1-2H3/t17?,21-,22-/m0/s1. The Bertz CT molecular complexity index is 1050. The predicted molar refractivity (Wildman–Crippen MR) is 113 cm³/mol. The van der Waals surface area contributed by atoms with Gasteiger partial charge in [-0.25, -0.2) is 14.6 Å². The molecule has 0 fully saturated rings. The van der Waals surface area contributed by atoms with Crippen LogP contribution >= 0.6 is 0 Å². The van der Waals surface area contributed by atoms with Crippen molar-refractivity contribution in [1.29, 1.82) is 0 Å². The molecule has 0 saturated heterocycles. The lowest BCUT2D eigenvalue weighted by Crippen LogP contribution is -2.53. The second kappa shape index (κ2) is 9.61. The SMILES string of the molecule is CCOC(=O)[C@@]1(O)O[C@](C(=O)OCC)(C(N=[N+]=[N-])c2ccccc2)N=C1c1ccccc1. The minimum atomic E-state index is -2.75. The summed E-state index contributed by atoms with van der Waals surface area (Å²) in [7, 11) is 0. The van der Waals surface area contributed by atoms with E-state index in [4.69, 9.17) is 14.2 Å². The van der Waals surface area contributed by atoms with E-state index in [1.54, 1.807) is 74.5 Å². The number of hydrogen-bond donors (Lipinski definition) is 1. The molecular weight excluding hydrogens is 416 g/mol. The summed E-state index contributed by atoms with van der Waals surface area (Å²) in [5, 5.41) is 15.1. The van der Waals surface area contributed by atoms with Crippen LogP contribution in [0.2, 0.25) is 0 Å². The van der Waals surface area contributed by atoms with E-state index in [2.05, 4.69) is 15.0 Å². The summed E-state index contributed by atoms with van der Waals surface area (Å²) in [6.07, 6.45) is 0. The minimum absolute atomic E-state index is 0.0459. The lowest BCUT2D eigenvalue weighted by atomic mass is 9.96. The highest BCUT2D eigenvalue weighted by atomic mass is 16.7. The van der Waals surface area contributed by atoms with Crippen molar-refractivity contribution in [2.75, 3.05) is 13.2 Å². The van der Waals surface area contributed by atoms with Crippen LogP contribution in [0.3, 0.4) is 0 Å². The maximum Gasteiger partial charge on any atom is 0.373 e. The maximum absolute atomic E-state index is 13.2. The molecule has 3 atom stereocenters. The molecule has 0 aromatic heterocycles. The fourth-order valence-corrected chi connectivity index (χ4v) is 3.37. The van der Waals surface area contributed by atoms with E-state index in [1.165, 1.54) is 0 Å². The van der Waals surface area contributed by atoms with Crippen LogP contribution in [-0.4, -0.2) is 47.5 Å². The third-order valence-corrected chi connectivity index (χ3v) is 4.72. The maximum atomic E-state index is 13.2. The van der Waals surface area contributed by atoms with E-state index in [9.17, 15) is 20.2 Å². The van der Waals surface area contributed by atoms with Crippen LogP contribution in [-0.2, 0) is 23.8 Å². The molecule has 0 spiro atoms. The van der Waals surface area contributed by atoms with E-state index in [0.717, 1.165) is 0 Å². The first-order valence-corrected chi connectivity index (χ1v) is 9.94. The molecule has 1 aliphatic heterocycles. The van der Waals surface area contributed by atoms with E-state index in [-0.39, 0.29) is 18.9 Å². The number of hydrogen-bond acceptors (Lipinski definition) is 8. The summed E-state index contributed by atoms with van der Waals surface area (Å²) in [6, 6.07) is 15.1. The lowest BCUT2D eigenvalue weighted by molar-refractivity contribution is -0.235. The topological polar surface area (TPSA) is 143 Å². The van der Waals surface area contributed by atoms with Crippen LogP contribution in [0, 0.1) is 0 Å². The normalized spacial score (nSPS) is 22.9. The molecular formula is C22H22N4O6. The zero-order valence-corrected chi connectivity index (χ0v) is 17.5. The molecule has 0 aliphatic carbocycles. The minimum Gasteiger partial charge on any atom is -0.462 e. The molecule has 0 saturated carbocycles. The molecule has 166 valence electrons. The van der Waals surface area contributed by atoms with Gasteiger partial charge in [-0.1, -0.05) is 65.8 Å². The Kier molecular flexibility index (Phi) is 6.89. The fraction of sp³-hybridized carbons (Fsp3) is 0.318. The van der Waals surface area contributed by atoms with Gasteiger partial charge in [0, 0.05) is 10.5 Å². The van der Waals surface area contributed by atoms with E-state index in [0.29, 0.717) is 11.1 Å². The molecule has 2 aromatic rings. The Morgan fingerprint density at radius 1 is 1.06 bits per heavy atom. The third-order valence-electron chi connectivity index (χ3n) is 4.72. The molecule has 32 heavy (non-hydrogen) atoms. The van der Waals surface area contributed by atoms with Gasteiger partial charge in [-0.05, 0) is 24.9 Å². The highest BCUT2D eigenvalue weighted by molar-refractivity contribution is 6.19. The van der Waals surface area contributed by atoms with Gasteiger partial charge in [-0.15, -0.1) is 0 Å². The Morgan fingerprint density at radius 2 is 1.62 bits per heavy atom. The number of esters is 2. The lowest BCUT2D eigenvalue weighted by Gasteiger charge is -2.32. The number of nitrogens with zero attached hydrogens (tertiary/aromatic N) is 4. The van der Waals surface area contributed by atoms with Gasteiger partial charge in [0.05, 0.1) is 13.2 Å². The number of azide groups is 1. The van der Waals surface area contributed by atoms with Gasteiger partial charge in [-0.2, -0.15) is 0 Å². The number of ether oxygens (including phenoxy) is 3. The molecule has 3 rings (SSSR count). The highest BCUT2D eigenvalue weighted by Gasteiger charge is 2.64. The van der Waals surface area contributed by atoms with E-state index >= 15 is 0 Å². The second-order valence-electron chi connectivity index (χ2n) is 6.73. The predicted octanol–water partition coefficient (Wildman–Crippen LogP) is 3.07. The summed E-state index contributed by atoms with van der Waals surface area (Å²) >= 11 is 0. The monoisotopic (exact) mass is 438 g/mol. The summed E-state index contributed by atoms with van der Waals surface area (Å²) in [4.78, 5) is 33.2. The molecule has 1 N–H and O–H groups in total. The molecule has 0 bridgehead atoms. The van der Waals surface area contributed by atoms with Gasteiger partial charge in [0.1, 0.15) is 11.8 Å². The van der Waals surface area contributed by atoms with Gasteiger partial charge >= 0.3 is 17.7 Å². The first-order valence-electron chi connectivity index (χ1n) is 9.94. The van der Waals surface area contributed by atoms with Crippen LogP contribution in [0.5, 0.6) is 0 Å². The van der Waals surface area contributed by atoms with Crippen molar-refractivity contribution in [3.63, 3.8) is 0 Å². The van der Waals surface area contributed by atoms with Gasteiger partial charge in [0.2, 0.25) is 0 Å². The molecule has 10 heteroatoms. The summed E-state index contributed by atoms with van der Waals surface area (Å²) < 4.78 is 15.9. The highest BCUT2D eigenvalue weighted by Crippen LogP contribution is 2.44. The van der Waals surface area contributed by atoms with E-state index < -0.39 is 29.5 Å². The Balaban J connectivity index is 2.29. The molecule has 10 nitrogen and oxygen atoms in total. The number of carbonyl (C=O) groups excluding carboxylic acids is 2. The van der Waals surface area contributed by atoms with Crippen molar-refractivity contribution in [3.05, 3.63) is 82.2 Å². The first-order chi connectivity index (χ1) is 15.4. The smallest absolute Gasteiger partial charge is 0.373 e. The zero-order chi connectivity index (χ0) is 23.2. The molecule has 2 aromatic carbocycles. The first kappa shape index (κ1) is 23.0. The number of aliphatic imine (C=N–C) groups is 1. The van der Waals surface area contributed by atoms with Crippen molar-refractivity contribution >= 4 is 17.7 Å². The Morgan fingerprint density at radius 3 is 2.19 bits per heavy atom. The average Bonchev–Trinajstić information content (AvgIpc) is 3.14. The second-order valence-corrected chi connectivity index (χ2v) is 6.73. The fourth-order valence-electron chi connectivity index (χ4n) is 3.37. The Labute approximate surface area is 184 Å². The number of rotatable bonds is 8. The van der Waals surface area contributed by atoms with E-state index in [1.807, 2.05) is 0 Å². The van der Waals surface area contributed by atoms with Crippen LogP contribution < -0.4 is 0 Å². The number of benzene rings is 2. The molecule has 0 radical (unpaired) electrons. The van der Waals surface area contributed by atoms with Crippen LogP contribution in [0.15, 0.2) is 70.8 Å². The Hall–Kier alpha value is -3.72. The molecule has 1 aliphatic rings. The quantitative estimate of drug-likeness (QED) is 0.290. The largest absolute Gasteiger partial charge is 0.462 e. The van der Waals surface area contributed by atoms with Gasteiger partial charge < -0.3 is 14.6 Å². The third kappa shape index (κ3) is 4.06. The van der Waals surface area contributed by atoms with Crippen LogP contribution in [0.4, 0.5) is 0 Å². The summed E-state index contributed by atoms with van der Waals surface area (Å²) in [5.41, 5.74) is 7.27. The van der Waals surface area contributed by atoms with Gasteiger partial charge in [0.25, 0.3) is 5.72 Å². The zero-order valence-electron chi connectivity index (χ0n) is 17.5. The van der Waals surface area contributed by atoms with Gasteiger partial charge in [0.15, 0.2) is 0 Å². The van der Waals surface area contributed by atoms with Crippen LogP contribution in [0.1, 0.15) is 31.0 Å².